The van der Waals surface area contributed by atoms with Gasteiger partial charge in [0.2, 0.25) is 0 Å². The minimum absolute atomic E-state index is 0.219. The van der Waals surface area contributed by atoms with E-state index in [1.807, 2.05) is 12.1 Å². The van der Waals surface area contributed by atoms with Crippen molar-refractivity contribution in [2.75, 3.05) is 31.6 Å². The van der Waals surface area contributed by atoms with Gasteiger partial charge in [-0.05, 0) is 49.6 Å². The molecule has 1 saturated heterocycles. The molecule has 0 atom stereocenters. The summed E-state index contributed by atoms with van der Waals surface area (Å²) in [7, 11) is 0. The molecule has 1 aromatic carbocycles. The number of aromatic nitrogens is 2. The number of fused-ring (bicyclic) bond motifs is 1. The van der Waals surface area contributed by atoms with Crippen molar-refractivity contribution in [3.8, 4) is 5.75 Å². The summed E-state index contributed by atoms with van der Waals surface area (Å²) >= 11 is 1.07. The van der Waals surface area contributed by atoms with Crippen molar-refractivity contribution in [3.63, 3.8) is 0 Å². The fourth-order valence-electron chi connectivity index (χ4n) is 4.00. The van der Waals surface area contributed by atoms with Crippen molar-refractivity contribution >= 4 is 27.4 Å². The number of benzene rings is 1. The number of nitrogens with two attached hydrogens (primary N) is 1. The van der Waals surface area contributed by atoms with E-state index in [1.54, 1.807) is 6.07 Å². The van der Waals surface area contributed by atoms with Gasteiger partial charge in [-0.3, -0.25) is 4.90 Å². The number of halogens is 3. The quantitative estimate of drug-likeness (QED) is 0.437. The number of nitrogens with one attached hydrogen (secondary N) is 1. The highest BCUT2D eigenvalue weighted by Gasteiger charge is 2.29. The lowest BCUT2D eigenvalue weighted by atomic mass is 10.0. The van der Waals surface area contributed by atoms with Crippen molar-refractivity contribution in [2.24, 2.45) is 5.73 Å². The first kappa shape index (κ1) is 23.7. The van der Waals surface area contributed by atoms with Crippen molar-refractivity contribution in [1.82, 2.24) is 14.9 Å². The largest absolute Gasteiger partial charge is 0.494 e. The van der Waals surface area contributed by atoms with E-state index in [9.17, 15) is 13.2 Å². The first-order valence-corrected chi connectivity index (χ1v) is 11.9. The number of nitrogens with zero attached hydrogens (tertiary/aromatic N) is 3. The van der Waals surface area contributed by atoms with Gasteiger partial charge in [-0.2, -0.15) is 13.2 Å². The average molecular weight is 480 g/mol. The Bertz CT molecular complexity index is 1050. The number of ether oxygens (including phenoxy) is 1. The van der Waals surface area contributed by atoms with Crippen LogP contribution in [0.3, 0.4) is 0 Å². The molecule has 6 nitrogen and oxygen atoms in total. The van der Waals surface area contributed by atoms with Gasteiger partial charge < -0.3 is 15.8 Å². The van der Waals surface area contributed by atoms with E-state index in [-0.39, 0.29) is 10.9 Å². The first-order chi connectivity index (χ1) is 15.9. The molecule has 1 aliphatic heterocycles. The molecule has 4 rings (SSSR count). The molecule has 0 unspecified atom stereocenters. The maximum absolute atomic E-state index is 12.8. The van der Waals surface area contributed by atoms with Crippen LogP contribution in [0.2, 0.25) is 0 Å². The number of hydrogen-bond acceptors (Lipinski definition) is 7. The fraction of sp³-hybridized carbons (Fsp3) is 0.478. The molecule has 1 fully saturated rings. The summed E-state index contributed by atoms with van der Waals surface area (Å²) in [5.74, 6) is 1.48. The Morgan fingerprint density at radius 2 is 2.00 bits per heavy atom. The zero-order valence-electron chi connectivity index (χ0n) is 18.3. The molecule has 0 spiro atoms. The van der Waals surface area contributed by atoms with E-state index in [0.717, 1.165) is 56.0 Å². The van der Waals surface area contributed by atoms with Gasteiger partial charge in [-0.25, -0.2) is 9.97 Å². The highest BCUT2D eigenvalue weighted by Crippen LogP contribution is 2.33. The van der Waals surface area contributed by atoms with Gasteiger partial charge in [0, 0.05) is 30.6 Å². The minimum atomic E-state index is -4.23. The highest BCUT2D eigenvalue weighted by atomic mass is 32.1. The summed E-state index contributed by atoms with van der Waals surface area (Å²) in [5.41, 5.74) is 6.73. The molecule has 3 N–H and O–H groups in total. The van der Waals surface area contributed by atoms with Gasteiger partial charge in [0.05, 0.1) is 18.4 Å². The lowest BCUT2D eigenvalue weighted by molar-refractivity contribution is -0.126. The van der Waals surface area contributed by atoms with Crippen LogP contribution in [-0.2, 0) is 13.0 Å². The monoisotopic (exact) mass is 479 g/mol. The summed E-state index contributed by atoms with van der Waals surface area (Å²) in [6, 6.07) is 9.93. The number of hydrogen-bond donors (Lipinski definition) is 2. The number of anilines is 1. The smallest absolute Gasteiger partial charge is 0.393 e. The van der Waals surface area contributed by atoms with E-state index in [2.05, 4.69) is 32.3 Å². The topological polar surface area (TPSA) is 76.3 Å². The third-order valence-electron chi connectivity index (χ3n) is 5.61. The molecule has 1 aliphatic rings. The van der Waals surface area contributed by atoms with Gasteiger partial charge in [-0.15, -0.1) is 11.3 Å². The maximum atomic E-state index is 12.8. The molecule has 10 heteroatoms. The highest BCUT2D eigenvalue weighted by molar-refractivity contribution is 7.18. The molecular formula is C23H28F3N5OS. The second-order valence-electron chi connectivity index (χ2n) is 8.28. The van der Waals surface area contributed by atoms with Gasteiger partial charge >= 0.3 is 6.18 Å². The van der Waals surface area contributed by atoms with E-state index in [1.165, 1.54) is 11.9 Å². The Hall–Kier alpha value is -2.43. The summed E-state index contributed by atoms with van der Waals surface area (Å²) in [5, 5.41) is 4.10. The zero-order valence-corrected chi connectivity index (χ0v) is 19.1. The molecule has 3 aromatic rings. The maximum Gasteiger partial charge on any atom is 0.393 e. The second kappa shape index (κ2) is 10.7. The summed E-state index contributed by atoms with van der Waals surface area (Å²) in [6.45, 7) is 3.93. The van der Waals surface area contributed by atoms with Gasteiger partial charge in [-0.1, -0.05) is 12.1 Å². The number of thiophene rings is 1. The Kier molecular flexibility index (Phi) is 7.67. The average Bonchev–Trinajstić information content (AvgIpc) is 3.17. The van der Waals surface area contributed by atoms with Crippen molar-refractivity contribution in [2.45, 2.75) is 44.4 Å². The molecule has 3 heterocycles. The number of likely N-dealkylation sites (tertiary alicyclic amines) is 1. The molecule has 0 bridgehead atoms. The summed E-state index contributed by atoms with van der Waals surface area (Å²) in [6.07, 6.45) is -1.07. The van der Waals surface area contributed by atoms with E-state index in [0.29, 0.717) is 29.2 Å². The molecule has 2 aromatic heterocycles. The molecule has 0 radical (unpaired) electrons. The Balaban J connectivity index is 1.32. The van der Waals surface area contributed by atoms with Crippen LogP contribution in [0.4, 0.5) is 19.0 Å². The number of alkyl halides is 3. The number of piperidine rings is 1. The fourth-order valence-corrected chi connectivity index (χ4v) is 5.03. The van der Waals surface area contributed by atoms with Crippen molar-refractivity contribution in [3.05, 3.63) is 47.1 Å². The standard InChI is InChI=1S/C23H28F3N5OS/c24-23(25,26)13-19-12-20-21(28-15-29-22(20)33-19)30-17-5-8-31(9-6-17)14-16-3-1-4-18(11-16)32-10-2-7-27/h1,3-4,11-12,15,17H,2,5-10,13-14,27H2,(H,28,29,30). The second-order valence-corrected chi connectivity index (χ2v) is 9.39. The third kappa shape index (κ3) is 6.78. The summed E-state index contributed by atoms with van der Waals surface area (Å²) < 4.78 is 44.0. The van der Waals surface area contributed by atoms with Crippen LogP contribution < -0.4 is 15.8 Å². The molecule has 178 valence electrons. The van der Waals surface area contributed by atoms with Crippen LogP contribution in [0, 0.1) is 0 Å². The normalized spacial score (nSPS) is 15.8. The van der Waals surface area contributed by atoms with Crippen LogP contribution in [0.25, 0.3) is 10.2 Å². The zero-order chi connectivity index (χ0) is 23.3. The van der Waals surface area contributed by atoms with E-state index in [4.69, 9.17) is 10.5 Å². The Morgan fingerprint density at radius 1 is 1.18 bits per heavy atom. The molecule has 33 heavy (non-hydrogen) atoms. The van der Waals surface area contributed by atoms with Crippen LogP contribution in [0.1, 0.15) is 29.7 Å². The third-order valence-corrected chi connectivity index (χ3v) is 6.65. The summed E-state index contributed by atoms with van der Waals surface area (Å²) in [4.78, 5) is 11.7. The minimum Gasteiger partial charge on any atom is -0.494 e. The van der Waals surface area contributed by atoms with Crippen LogP contribution in [0.15, 0.2) is 36.7 Å². The lowest BCUT2D eigenvalue weighted by Gasteiger charge is -2.32. The molecule has 0 amide bonds. The number of rotatable bonds is 9. The SMILES string of the molecule is NCCCOc1cccc(CN2CCC(Nc3ncnc4sc(CC(F)(F)F)cc34)CC2)c1. The molecular weight excluding hydrogens is 451 g/mol. The lowest BCUT2D eigenvalue weighted by Crippen LogP contribution is -2.38. The van der Waals surface area contributed by atoms with Gasteiger partial charge in [0.25, 0.3) is 0 Å². The van der Waals surface area contributed by atoms with E-state index < -0.39 is 12.6 Å². The Labute approximate surface area is 195 Å². The van der Waals surface area contributed by atoms with Crippen LogP contribution >= 0.6 is 11.3 Å². The molecule has 0 aliphatic carbocycles. The van der Waals surface area contributed by atoms with Crippen molar-refractivity contribution in [1.29, 1.82) is 0 Å². The predicted molar refractivity (Wildman–Crippen MR) is 125 cm³/mol. The Morgan fingerprint density at radius 3 is 2.76 bits per heavy atom. The first-order valence-electron chi connectivity index (χ1n) is 11.1. The van der Waals surface area contributed by atoms with Crippen molar-refractivity contribution < 1.29 is 17.9 Å². The van der Waals surface area contributed by atoms with E-state index >= 15 is 0 Å². The van der Waals surface area contributed by atoms with Crippen LogP contribution in [0.5, 0.6) is 5.75 Å². The van der Waals surface area contributed by atoms with Crippen LogP contribution in [-0.4, -0.2) is 53.3 Å². The van der Waals surface area contributed by atoms with Gasteiger partial charge in [0.1, 0.15) is 22.7 Å². The molecule has 0 saturated carbocycles. The van der Waals surface area contributed by atoms with Gasteiger partial charge in [0.15, 0.2) is 0 Å². The predicted octanol–water partition coefficient (Wildman–Crippen LogP) is 4.60.